The summed E-state index contributed by atoms with van der Waals surface area (Å²) in [6.45, 7) is 1.71. The smallest absolute Gasteiger partial charge is 0.257 e. The van der Waals surface area contributed by atoms with E-state index in [4.69, 9.17) is 4.74 Å². The molecule has 0 radical (unpaired) electrons. The number of hydrogen-bond acceptors (Lipinski definition) is 7. The van der Waals surface area contributed by atoms with E-state index in [1.54, 1.807) is 36.2 Å². The first kappa shape index (κ1) is 22.5. The molecule has 172 valence electrons. The summed E-state index contributed by atoms with van der Waals surface area (Å²) in [6, 6.07) is 6.77. The third-order valence-electron chi connectivity index (χ3n) is 5.56. The first-order valence-corrected chi connectivity index (χ1v) is 10.3. The number of rotatable bonds is 6. The van der Waals surface area contributed by atoms with Crippen molar-refractivity contribution in [2.45, 2.75) is 31.2 Å². The number of alkyl halides is 2. The van der Waals surface area contributed by atoms with Crippen molar-refractivity contribution in [2.24, 2.45) is 0 Å². The van der Waals surface area contributed by atoms with Gasteiger partial charge >= 0.3 is 0 Å². The third-order valence-corrected chi connectivity index (χ3v) is 5.56. The summed E-state index contributed by atoms with van der Waals surface area (Å²) in [5, 5.41) is 2.70. The predicted octanol–water partition coefficient (Wildman–Crippen LogP) is 2.80. The molecule has 0 aromatic carbocycles. The van der Waals surface area contributed by atoms with Crippen LogP contribution in [0.5, 0.6) is 11.6 Å². The standard InChI is InChI=1S/C22H22F2N6O3/c1-14(30-9-7-22(23,24)17(12-30)15-2-5-19(31)27-10-15)21(32)29-18-4-3-16(11-26-18)33-20-6-8-25-13-28-20/h2-6,8,10-11,13-14,17H,7,9,12H2,1H3,(H,27,31)(H,26,29,32)/t14-,17+/m0/s1. The van der Waals surface area contributed by atoms with Crippen molar-refractivity contribution in [3.05, 3.63) is 71.2 Å². The maximum Gasteiger partial charge on any atom is 0.257 e. The van der Waals surface area contributed by atoms with E-state index in [-0.39, 0.29) is 31.0 Å². The molecule has 0 unspecified atom stereocenters. The highest BCUT2D eigenvalue weighted by Gasteiger charge is 2.46. The highest BCUT2D eigenvalue weighted by atomic mass is 19.3. The van der Waals surface area contributed by atoms with Crippen molar-refractivity contribution in [1.82, 2.24) is 24.8 Å². The molecule has 1 saturated heterocycles. The van der Waals surface area contributed by atoms with E-state index < -0.39 is 17.9 Å². The van der Waals surface area contributed by atoms with Gasteiger partial charge in [0.15, 0.2) is 0 Å². The zero-order valence-electron chi connectivity index (χ0n) is 17.7. The van der Waals surface area contributed by atoms with Gasteiger partial charge in [0.25, 0.3) is 5.92 Å². The average molecular weight is 456 g/mol. The molecule has 0 bridgehead atoms. The molecule has 2 N–H and O–H groups in total. The Kier molecular flexibility index (Phi) is 6.40. The van der Waals surface area contributed by atoms with Crippen molar-refractivity contribution in [1.29, 1.82) is 0 Å². The van der Waals surface area contributed by atoms with Crippen molar-refractivity contribution in [3.63, 3.8) is 0 Å². The Morgan fingerprint density at radius 1 is 1.27 bits per heavy atom. The lowest BCUT2D eigenvalue weighted by atomic mass is 9.87. The number of ether oxygens (including phenoxy) is 1. The molecule has 0 aliphatic carbocycles. The fourth-order valence-corrected chi connectivity index (χ4v) is 3.64. The molecule has 4 heterocycles. The molecule has 33 heavy (non-hydrogen) atoms. The number of aromatic amines is 1. The van der Waals surface area contributed by atoms with Crippen molar-refractivity contribution < 1.29 is 18.3 Å². The maximum atomic E-state index is 14.6. The van der Waals surface area contributed by atoms with E-state index in [2.05, 4.69) is 25.3 Å². The van der Waals surface area contributed by atoms with Crippen LogP contribution in [-0.2, 0) is 4.79 Å². The van der Waals surface area contributed by atoms with Gasteiger partial charge in [-0.15, -0.1) is 0 Å². The minimum absolute atomic E-state index is 0.0211. The third kappa shape index (κ3) is 5.37. The molecule has 3 aromatic rings. The van der Waals surface area contributed by atoms with Crippen LogP contribution in [0, 0.1) is 0 Å². The van der Waals surface area contributed by atoms with E-state index in [9.17, 15) is 18.4 Å². The molecule has 2 atom stereocenters. The van der Waals surface area contributed by atoms with Crippen LogP contribution in [0.1, 0.15) is 24.8 Å². The number of halogens is 2. The predicted molar refractivity (Wildman–Crippen MR) is 115 cm³/mol. The number of H-pyrrole nitrogens is 1. The number of nitrogens with zero attached hydrogens (tertiary/aromatic N) is 4. The van der Waals surface area contributed by atoms with Crippen LogP contribution in [0.15, 0.2) is 60.0 Å². The van der Waals surface area contributed by atoms with Crippen LogP contribution in [0.2, 0.25) is 0 Å². The lowest BCUT2D eigenvalue weighted by Crippen LogP contribution is -2.52. The first-order chi connectivity index (χ1) is 15.8. The number of piperidine rings is 1. The Morgan fingerprint density at radius 2 is 2.12 bits per heavy atom. The zero-order valence-corrected chi connectivity index (χ0v) is 17.7. The topological polar surface area (TPSA) is 113 Å². The number of anilines is 1. The molecule has 1 aliphatic heterocycles. The second-order valence-electron chi connectivity index (χ2n) is 7.74. The van der Waals surface area contributed by atoms with Crippen molar-refractivity contribution >= 4 is 11.7 Å². The van der Waals surface area contributed by atoms with Gasteiger partial charge in [0, 0.05) is 44.0 Å². The zero-order chi connectivity index (χ0) is 23.4. The molecule has 3 aromatic heterocycles. The van der Waals surface area contributed by atoms with Crippen LogP contribution in [0.3, 0.4) is 0 Å². The van der Waals surface area contributed by atoms with Gasteiger partial charge in [-0.3, -0.25) is 14.5 Å². The van der Waals surface area contributed by atoms with Crippen LogP contribution in [0.25, 0.3) is 0 Å². The largest absolute Gasteiger partial charge is 0.437 e. The number of likely N-dealkylation sites (tertiary alicyclic amines) is 1. The molecule has 0 saturated carbocycles. The number of carbonyl (C=O) groups is 1. The first-order valence-electron chi connectivity index (χ1n) is 10.3. The number of carbonyl (C=O) groups excluding carboxylic acids is 1. The van der Waals surface area contributed by atoms with Gasteiger partial charge < -0.3 is 15.0 Å². The molecule has 1 amide bonds. The van der Waals surface area contributed by atoms with Gasteiger partial charge in [-0.25, -0.2) is 23.7 Å². The summed E-state index contributed by atoms with van der Waals surface area (Å²) < 4.78 is 34.7. The van der Waals surface area contributed by atoms with Gasteiger partial charge in [-0.05, 0) is 24.6 Å². The minimum atomic E-state index is -2.94. The summed E-state index contributed by atoms with van der Waals surface area (Å²) in [4.78, 5) is 40.1. The Hall–Kier alpha value is -3.73. The Balaban J connectivity index is 1.39. The summed E-state index contributed by atoms with van der Waals surface area (Å²) in [5.41, 5.74) is -0.0266. The highest BCUT2D eigenvalue weighted by Crippen LogP contribution is 2.40. The normalized spacial score (nSPS) is 18.9. The molecule has 1 aliphatic rings. The molecular formula is C22H22F2N6O3. The van der Waals surface area contributed by atoms with Crippen LogP contribution >= 0.6 is 0 Å². The van der Waals surface area contributed by atoms with Crippen molar-refractivity contribution in [3.8, 4) is 11.6 Å². The Labute approximate surface area is 187 Å². The van der Waals surface area contributed by atoms with E-state index in [1.807, 2.05) is 0 Å². The van der Waals surface area contributed by atoms with E-state index in [1.165, 1.54) is 30.9 Å². The van der Waals surface area contributed by atoms with Gasteiger partial charge in [-0.1, -0.05) is 6.07 Å². The Bertz CT molecular complexity index is 1140. The molecule has 1 fully saturated rings. The second-order valence-corrected chi connectivity index (χ2v) is 7.74. The van der Waals surface area contributed by atoms with Crippen LogP contribution in [0.4, 0.5) is 14.6 Å². The molecule has 0 spiro atoms. The highest BCUT2D eigenvalue weighted by molar-refractivity contribution is 5.93. The molecule has 4 rings (SSSR count). The quantitative estimate of drug-likeness (QED) is 0.586. The van der Waals surface area contributed by atoms with Crippen LogP contribution < -0.4 is 15.6 Å². The monoisotopic (exact) mass is 456 g/mol. The fraction of sp³-hybridized carbons (Fsp3) is 0.318. The number of amides is 1. The maximum absolute atomic E-state index is 14.6. The number of aromatic nitrogens is 4. The van der Waals surface area contributed by atoms with Gasteiger partial charge in [0.1, 0.15) is 17.9 Å². The molecule has 11 heteroatoms. The van der Waals surface area contributed by atoms with E-state index >= 15 is 0 Å². The SMILES string of the molecule is C[C@@H](C(=O)Nc1ccc(Oc2ccncn2)cn1)N1CCC(F)(F)[C@@H](c2ccc(=O)[nH]c2)C1. The summed E-state index contributed by atoms with van der Waals surface area (Å²) in [7, 11) is 0. The fourth-order valence-electron chi connectivity index (χ4n) is 3.64. The molecular weight excluding hydrogens is 434 g/mol. The lowest BCUT2D eigenvalue weighted by Gasteiger charge is -2.40. The van der Waals surface area contributed by atoms with E-state index in [0.717, 1.165) is 0 Å². The average Bonchev–Trinajstić information content (AvgIpc) is 2.81. The molecule has 9 nitrogen and oxygen atoms in total. The van der Waals surface area contributed by atoms with Crippen molar-refractivity contribution in [2.75, 3.05) is 18.4 Å². The summed E-state index contributed by atoms with van der Waals surface area (Å²) >= 11 is 0. The second kappa shape index (κ2) is 9.41. The van der Waals surface area contributed by atoms with Crippen LogP contribution in [-0.4, -0.2) is 55.8 Å². The number of nitrogens with one attached hydrogen (secondary N) is 2. The Morgan fingerprint density at radius 3 is 2.79 bits per heavy atom. The van der Waals surface area contributed by atoms with Gasteiger partial charge in [0.05, 0.1) is 18.2 Å². The number of pyridine rings is 2. The summed E-state index contributed by atoms with van der Waals surface area (Å²) in [6.07, 6.45) is 5.27. The van der Waals surface area contributed by atoms with Gasteiger partial charge in [-0.2, -0.15) is 0 Å². The minimum Gasteiger partial charge on any atom is -0.437 e. The summed E-state index contributed by atoms with van der Waals surface area (Å²) in [5.74, 6) is -3.34. The number of hydrogen-bond donors (Lipinski definition) is 2. The van der Waals surface area contributed by atoms with Gasteiger partial charge in [0.2, 0.25) is 17.3 Å². The lowest BCUT2D eigenvalue weighted by molar-refractivity contribution is -0.125. The van der Waals surface area contributed by atoms with E-state index in [0.29, 0.717) is 23.0 Å².